The molecule has 1 fully saturated rings. The molecule has 2 atom stereocenters. The first-order valence-electron chi connectivity index (χ1n) is 7.10. The van der Waals surface area contributed by atoms with Crippen molar-refractivity contribution < 1.29 is 4.74 Å². The summed E-state index contributed by atoms with van der Waals surface area (Å²) in [6, 6.07) is 1.98. The second-order valence-corrected chi connectivity index (χ2v) is 6.53. The molecule has 20 heavy (non-hydrogen) atoms. The summed E-state index contributed by atoms with van der Waals surface area (Å²) in [5.41, 5.74) is 2.84. The maximum Gasteiger partial charge on any atom is 0.160 e. The van der Waals surface area contributed by atoms with E-state index in [0.717, 1.165) is 48.5 Å². The summed E-state index contributed by atoms with van der Waals surface area (Å²) >= 11 is 6.31. The van der Waals surface area contributed by atoms with Gasteiger partial charge in [0.2, 0.25) is 0 Å². The van der Waals surface area contributed by atoms with Crippen LogP contribution in [0, 0.1) is 6.92 Å². The Kier molecular flexibility index (Phi) is 3.46. The highest BCUT2D eigenvalue weighted by molar-refractivity contribution is 6.20. The standard InChI is InChI=1S/C15H20ClN3O/c1-10-5-7-17-14-12(10)18-13(11(2)16)19(14)9-15(3)6-4-8-20-15/h5,7,11H,4,6,8-9H2,1-3H3. The summed E-state index contributed by atoms with van der Waals surface area (Å²) in [5.74, 6) is 0.875. The van der Waals surface area contributed by atoms with Gasteiger partial charge in [0, 0.05) is 12.8 Å². The number of aryl methyl sites for hydroxylation is 1. The summed E-state index contributed by atoms with van der Waals surface area (Å²) < 4.78 is 8.04. The van der Waals surface area contributed by atoms with Crippen molar-refractivity contribution in [1.29, 1.82) is 0 Å². The van der Waals surface area contributed by atoms with Crippen molar-refractivity contribution in [2.45, 2.75) is 51.1 Å². The lowest BCUT2D eigenvalue weighted by Crippen LogP contribution is -2.30. The van der Waals surface area contributed by atoms with Gasteiger partial charge in [0.05, 0.1) is 17.5 Å². The summed E-state index contributed by atoms with van der Waals surface area (Å²) in [4.78, 5) is 9.20. The normalized spacial score (nSPS) is 24.4. The molecule has 0 N–H and O–H groups in total. The van der Waals surface area contributed by atoms with Crippen LogP contribution in [0.5, 0.6) is 0 Å². The van der Waals surface area contributed by atoms with E-state index < -0.39 is 0 Å². The number of rotatable bonds is 3. The van der Waals surface area contributed by atoms with E-state index in [4.69, 9.17) is 21.3 Å². The van der Waals surface area contributed by atoms with Crippen LogP contribution in [0.15, 0.2) is 12.3 Å². The van der Waals surface area contributed by atoms with Gasteiger partial charge in [-0.15, -0.1) is 11.6 Å². The molecule has 0 spiro atoms. The lowest BCUT2D eigenvalue weighted by Gasteiger charge is -2.25. The Balaban J connectivity index is 2.12. The number of ether oxygens (including phenoxy) is 1. The van der Waals surface area contributed by atoms with E-state index in [2.05, 4.69) is 23.4 Å². The van der Waals surface area contributed by atoms with Gasteiger partial charge in [0.15, 0.2) is 5.65 Å². The highest BCUT2D eigenvalue weighted by atomic mass is 35.5. The van der Waals surface area contributed by atoms with Crippen LogP contribution in [0.25, 0.3) is 11.2 Å². The fourth-order valence-corrected chi connectivity index (χ4v) is 3.08. The average molecular weight is 294 g/mol. The minimum atomic E-state index is -0.145. The van der Waals surface area contributed by atoms with Crippen LogP contribution in [0.2, 0.25) is 0 Å². The van der Waals surface area contributed by atoms with E-state index in [9.17, 15) is 0 Å². The molecule has 3 heterocycles. The Labute approximate surface area is 124 Å². The summed E-state index contributed by atoms with van der Waals surface area (Å²) in [7, 11) is 0. The average Bonchev–Trinajstić information content (AvgIpc) is 2.96. The van der Waals surface area contributed by atoms with Gasteiger partial charge in [0.25, 0.3) is 0 Å². The first-order chi connectivity index (χ1) is 9.50. The predicted molar refractivity (Wildman–Crippen MR) is 80.1 cm³/mol. The van der Waals surface area contributed by atoms with Gasteiger partial charge >= 0.3 is 0 Å². The largest absolute Gasteiger partial charge is 0.373 e. The summed E-state index contributed by atoms with van der Waals surface area (Å²) in [5, 5.41) is -0.145. The summed E-state index contributed by atoms with van der Waals surface area (Å²) in [6.07, 6.45) is 4.01. The molecule has 0 saturated carbocycles. The molecular formula is C15H20ClN3O. The number of nitrogens with zero attached hydrogens (tertiary/aromatic N) is 3. The molecule has 1 saturated heterocycles. The van der Waals surface area contributed by atoms with Crippen LogP contribution < -0.4 is 0 Å². The zero-order chi connectivity index (χ0) is 14.3. The van der Waals surface area contributed by atoms with Crippen LogP contribution in [-0.4, -0.2) is 26.7 Å². The number of fused-ring (bicyclic) bond motifs is 1. The Morgan fingerprint density at radius 3 is 3.00 bits per heavy atom. The van der Waals surface area contributed by atoms with Crippen molar-refractivity contribution in [1.82, 2.24) is 14.5 Å². The van der Waals surface area contributed by atoms with Gasteiger partial charge in [-0.05, 0) is 45.2 Å². The molecule has 108 valence electrons. The van der Waals surface area contributed by atoms with Gasteiger partial charge in [-0.1, -0.05) is 0 Å². The SMILES string of the molecule is Cc1ccnc2c1nc(C(C)Cl)n2CC1(C)CCCO1. The molecular weight excluding hydrogens is 274 g/mol. The Hall–Kier alpha value is -1.13. The van der Waals surface area contributed by atoms with E-state index in [1.165, 1.54) is 0 Å². The molecule has 2 aromatic heterocycles. The number of hydrogen-bond acceptors (Lipinski definition) is 3. The van der Waals surface area contributed by atoms with E-state index in [1.807, 2.05) is 19.2 Å². The number of hydrogen-bond donors (Lipinski definition) is 0. The van der Waals surface area contributed by atoms with E-state index in [0.29, 0.717) is 0 Å². The van der Waals surface area contributed by atoms with Crippen molar-refractivity contribution in [2.75, 3.05) is 6.61 Å². The lowest BCUT2D eigenvalue weighted by molar-refractivity contribution is 0.00638. The van der Waals surface area contributed by atoms with Crippen molar-refractivity contribution in [3.63, 3.8) is 0 Å². The first kappa shape index (κ1) is 13.8. The third-order valence-electron chi connectivity index (χ3n) is 4.01. The van der Waals surface area contributed by atoms with Crippen molar-refractivity contribution in [3.8, 4) is 0 Å². The van der Waals surface area contributed by atoms with Crippen LogP contribution in [0.1, 0.15) is 43.5 Å². The van der Waals surface area contributed by atoms with Gasteiger partial charge in [-0.25, -0.2) is 9.97 Å². The van der Waals surface area contributed by atoms with E-state index in [-0.39, 0.29) is 11.0 Å². The molecule has 4 nitrogen and oxygen atoms in total. The first-order valence-corrected chi connectivity index (χ1v) is 7.54. The third kappa shape index (κ3) is 2.31. The lowest BCUT2D eigenvalue weighted by atomic mass is 10.0. The highest BCUT2D eigenvalue weighted by Gasteiger charge is 2.32. The van der Waals surface area contributed by atoms with Crippen LogP contribution in [0.4, 0.5) is 0 Å². The topological polar surface area (TPSA) is 39.9 Å². The van der Waals surface area contributed by atoms with Crippen molar-refractivity contribution in [3.05, 3.63) is 23.7 Å². The van der Waals surface area contributed by atoms with Gasteiger partial charge < -0.3 is 9.30 Å². The predicted octanol–water partition coefficient (Wildman–Crippen LogP) is 3.61. The Bertz CT molecular complexity index is 629. The number of halogens is 1. The number of pyridine rings is 1. The molecule has 2 aromatic rings. The minimum absolute atomic E-state index is 0.139. The third-order valence-corrected chi connectivity index (χ3v) is 4.21. The fourth-order valence-electron chi connectivity index (χ4n) is 2.91. The van der Waals surface area contributed by atoms with Gasteiger partial charge in [-0.2, -0.15) is 0 Å². The highest BCUT2D eigenvalue weighted by Crippen LogP contribution is 2.31. The molecule has 0 aliphatic carbocycles. The minimum Gasteiger partial charge on any atom is -0.373 e. The zero-order valence-corrected chi connectivity index (χ0v) is 12.9. The second kappa shape index (κ2) is 5.01. The van der Waals surface area contributed by atoms with Crippen LogP contribution >= 0.6 is 11.6 Å². The smallest absolute Gasteiger partial charge is 0.160 e. The van der Waals surface area contributed by atoms with Gasteiger partial charge in [-0.3, -0.25) is 0 Å². The Morgan fingerprint density at radius 1 is 1.55 bits per heavy atom. The Morgan fingerprint density at radius 2 is 2.35 bits per heavy atom. The zero-order valence-electron chi connectivity index (χ0n) is 12.2. The van der Waals surface area contributed by atoms with Crippen LogP contribution in [-0.2, 0) is 11.3 Å². The molecule has 1 aliphatic heterocycles. The van der Waals surface area contributed by atoms with Gasteiger partial charge in [0.1, 0.15) is 11.3 Å². The second-order valence-electron chi connectivity index (χ2n) is 5.87. The summed E-state index contributed by atoms with van der Waals surface area (Å²) in [6.45, 7) is 7.75. The fraction of sp³-hybridized carbons (Fsp3) is 0.600. The maximum absolute atomic E-state index is 6.31. The van der Waals surface area contributed by atoms with Crippen molar-refractivity contribution in [2.24, 2.45) is 0 Å². The molecule has 0 radical (unpaired) electrons. The number of imidazole rings is 1. The number of alkyl halides is 1. The van der Waals surface area contributed by atoms with Crippen LogP contribution in [0.3, 0.4) is 0 Å². The number of aromatic nitrogens is 3. The quantitative estimate of drug-likeness (QED) is 0.812. The van der Waals surface area contributed by atoms with E-state index >= 15 is 0 Å². The molecule has 0 aromatic carbocycles. The molecule has 0 bridgehead atoms. The van der Waals surface area contributed by atoms with E-state index in [1.54, 1.807) is 0 Å². The molecule has 2 unspecified atom stereocenters. The monoisotopic (exact) mass is 293 g/mol. The maximum atomic E-state index is 6.31. The molecule has 3 rings (SSSR count). The molecule has 0 amide bonds. The van der Waals surface area contributed by atoms with Crippen molar-refractivity contribution >= 4 is 22.8 Å². The molecule has 1 aliphatic rings. The molecule has 5 heteroatoms.